The Morgan fingerprint density at radius 3 is 2.37 bits per heavy atom. The Hall–Kier alpha value is -4.80. The predicted molar refractivity (Wildman–Crippen MR) is 134 cm³/mol. The van der Waals surface area contributed by atoms with Gasteiger partial charge in [-0.2, -0.15) is 27.1 Å². The van der Waals surface area contributed by atoms with Crippen LogP contribution < -0.4 is 20.5 Å². The van der Waals surface area contributed by atoms with Crippen LogP contribution in [0.15, 0.2) is 60.8 Å². The summed E-state index contributed by atoms with van der Waals surface area (Å²) in [6.07, 6.45) is -3.80. The lowest BCUT2D eigenvalue weighted by Crippen LogP contribution is -2.21. The number of ether oxygens (including phenoxy) is 1. The van der Waals surface area contributed by atoms with Crippen molar-refractivity contribution in [2.45, 2.75) is 18.5 Å². The number of nitrogens with zero attached hydrogens (tertiary/aromatic N) is 2. The lowest BCUT2D eigenvalue weighted by molar-refractivity contribution is -0.141. The molecular weight excluding hydrogens is 582 g/mol. The molecule has 4 rings (SSSR count). The van der Waals surface area contributed by atoms with Gasteiger partial charge in [0.15, 0.2) is 5.82 Å². The van der Waals surface area contributed by atoms with Gasteiger partial charge in [0.25, 0.3) is 15.9 Å². The summed E-state index contributed by atoms with van der Waals surface area (Å²) in [7, 11) is -5.10. The van der Waals surface area contributed by atoms with E-state index in [0.29, 0.717) is 11.6 Å². The molecule has 1 amide bonds. The number of aromatic nitrogens is 3. The summed E-state index contributed by atoms with van der Waals surface area (Å²) in [5.74, 6) is -5.70. The summed E-state index contributed by atoms with van der Waals surface area (Å²) in [6, 6.07) is 10.4. The van der Waals surface area contributed by atoms with Gasteiger partial charge in [-0.25, -0.2) is 17.8 Å². The first-order chi connectivity index (χ1) is 19.2. The van der Waals surface area contributed by atoms with Crippen LogP contribution >= 0.6 is 0 Å². The number of nitrogens with one attached hydrogen (secondary N) is 3. The molecular formula is C24H18F6N6O4S. The number of carbonyl (C=O) groups is 1. The third kappa shape index (κ3) is 6.86. The number of primary amides is 1. The Bertz CT molecular complexity index is 1660. The summed E-state index contributed by atoms with van der Waals surface area (Å²) in [5, 5.41) is 9.13. The summed E-state index contributed by atoms with van der Waals surface area (Å²) < 4.78 is 109. The van der Waals surface area contributed by atoms with E-state index in [1.807, 2.05) is 0 Å². The largest absolute Gasteiger partial charge is 0.487 e. The second-order valence-corrected chi connectivity index (χ2v) is 9.93. The number of H-pyrrole nitrogens is 1. The second-order valence-electron chi connectivity index (χ2n) is 8.28. The molecule has 0 atom stereocenters. The summed E-state index contributed by atoms with van der Waals surface area (Å²) in [4.78, 5) is 15.6. The first-order valence-electron chi connectivity index (χ1n) is 11.2. The van der Waals surface area contributed by atoms with Gasteiger partial charge in [-0.3, -0.25) is 14.6 Å². The Morgan fingerprint density at radius 1 is 1.07 bits per heavy atom. The number of halogens is 6. The SMILES string of the molecule is NC(=O)c1c(Nc2ccc(C(F)(F)F)nc2)n[nH]c1-c1ccc(NS(=O)(=O)C(F)F)c(OCc2ccc(F)cc2)c1. The molecule has 41 heavy (non-hydrogen) atoms. The number of hydrogen-bond acceptors (Lipinski definition) is 7. The molecule has 5 N–H and O–H groups in total. The van der Waals surface area contributed by atoms with Crippen molar-refractivity contribution in [2.24, 2.45) is 5.73 Å². The summed E-state index contributed by atoms with van der Waals surface area (Å²) >= 11 is 0. The molecule has 216 valence electrons. The zero-order valence-corrected chi connectivity index (χ0v) is 21.2. The number of nitrogens with two attached hydrogens (primary N) is 1. The average molecular weight is 601 g/mol. The third-order valence-corrected chi connectivity index (χ3v) is 6.37. The average Bonchev–Trinajstić information content (AvgIpc) is 3.32. The number of benzene rings is 2. The standard InChI is InChI=1S/C24H18F6N6O4S/c25-14-4-1-12(2-5-14)11-40-17-9-13(3-7-16(17)36-41(38,39)23(26)27)20-19(21(31)37)22(35-34-20)33-15-6-8-18(32-10-15)24(28,29)30/h1-10,23,36H,11H2,(H2,31,37)(H2,33,34,35). The number of sulfonamides is 1. The van der Waals surface area contributed by atoms with Crippen molar-refractivity contribution in [3.05, 3.63) is 83.4 Å². The Balaban J connectivity index is 1.69. The van der Waals surface area contributed by atoms with E-state index >= 15 is 0 Å². The highest BCUT2D eigenvalue weighted by molar-refractivity contribution is 7.93. The van der Waals surface area contributed by atoms with Gasteiger partial charge < -0.3 is 15.8 Å². The molecule has 0 aliphatic carbocycles. The van der Waals surface area contributed by atoms with Crippen molar-refractivity contribution < 1.29 is 44.3 Å². The van der Waals surface area contributed by atoms with Crippen molar-refractivity contribution in [1.29, 1.82) is 0 Å². The summed E-state index contributed by atoms with van der Waals surface area (Å²) in [5.41, 5.74) is 4.38. The van der Waals surface area contributed by atoms with E-state index in [-0.39, 0.29) is 46.4 Å². The quantitative estimate of drug-likeness (QED) is 0.187. The van der Waals surface area contributed by atoms with Crippen LogP contribution in [-0.4, -0.2) is 35.3 Å². The number of anilines is 3. The fraction of sp³-hybridized carbons (Fsp3) is 0.125. The molecule has 17 heteroatoms. The maximum atomic E-state index is 13.2. The van der Waals surface area contributed by atoms with Crippen molar-refractivity contribution >= 4 is 33.1 Å². The normalized spacial score (nSPS) is 11.9. The van der Waals surface area contributed by atoms with Crippen LogP contribution in [0, 0.1) is 5.82 Å². The van der Waals surface area contributed by atoms with E-state index in [1.165, 1.54) is 24.3 Å². The van der Waals surface area contributed by atoms with E-state index < -0.39 is 39.4 Å². The minimum Gasteiger partial charge on any atom is -0.487 e. The van der Waals surface area contributed by atoms with Crippen LogP contribution in [-0.2, 0) is 22.8 Å². The molecule has 0 saturated carbocycles. The fourth-order valence-corrected chi connectivity index (χ4v) is 4.04. The number of alkyl halides is 5. The highest BCUT2D eigenvalue weighted by atomic mass is 32.2. The predicted octanol–water partition coefficient (Wildman–Crippen LogP) is 5.02. The van der Waals surface area contributed by atoms with Crippen molar-refractivity contribution in [2.75, 3.05) is 10.0 Å². The van der Waals surface area contributed by atoms with Gasteiger partial charge in [0.05, 0.1) is 23.3 Å². The smallest absolute Gasteiger partial charge is 0.433 e. The molecule has 2 aromatic carbocycles. The van der Waals surface area contributed by atoms with Gasteiger partial charge in [0.2, 0.25) is 0 Å². The van der Waals surface area contributed by atoms with Crippen LogP contribution in [0.2, 0.25) is 0 Å². The number of amides is 1. The molecule has 0 aliphatic rings. The minimum absolute atomic E-state index is 0.0187. The molecule has 0 saturated heterocycles. The first kappa shape index (κ1) is 29.2. The van der Waals surface area contributed by atoms with E-state index in [4.69, 9.17) is 10.5 Å². The number of carbonyl (C=O) groups excluding carboxylic acids is 1. The molecule has 0 spiro atoms. The molecule has 0 bridgehead atoms. The molecule has 0 fully saturated rings. The van der Waals surface area contributed by atoms with Crippen LogP contribution in [0.4, 0.5) is 43.5 Å². The Labute approximate surface area is 227 Å². The van der Waals surface area contributed by atoms with Crippen molar-refractivity contribution in [3.8, 4) is 17.0 Å². The number of rotatable bonds is 10. The van der Waals surface area contributed by atoms with Gasteiger partial charge in [-0.05, 0) is 42.0 Å². The Morgan fingerprint density at radius 2 is 1.78 bits per heavy atom. The number of aromatic amines is 1. The van der Waals surface area contributed by atoms with E-state index in [1.54, 1.807) is 4.72 Å². The van der Waals surface area contributed by atoms with Gasteiger partial charge in [0.1, 0.15) is 29.4 Å². The highest BCUT2D eigenvalue weighted by Crippen LogP contribution is 2.36. The van der Waals surface area contributed by atoms with E-state index in [2.05, 4.69) is 20.5 Å². The molecule has 0 radical (unpaired) electrons. The highest BCUT2D eigenvalue weighted by Gasteiger charge is 2.32. The number of hydrogen-bond donors (Lipinski definition) is 4. The van der Waals surface area contributed by atoms with Crippen molar-refractivity contribution in [1.82, 2.24) is 15.2 Å². The zero-order valence-electron chi connectivity index (χ0n) is 20.3. The van der Waals surface area contributed by atoms with Crippen LogP contribution in [0.1, 0.15) is 21.6 Å². The topological polar surface area (TPSA) is 152 Å². The number of pyridine rings is 1. The minimum atomic E-state index is -5.10. The van der Waals surface area contributed by atoms with Crippen molar-refractivity contribution in [3.63, 3.8) is 0 Å². The van der Waals surface area contributed by atoms with Gasteiger partial charge in [0, 0.05) is 5.56 Å². The zero-order chi connectivity index (χ0) is 29.9. The molecule has 0 unspecified atom stereocenters. The lowest BCUT2D eigenvalue weighted by atomic mass is 10.1. The maximum absolute atomic E-state index is 13.2. The fourth-order valence-electron chi connectivity index (χ4n) is 3.47. The van der Waals surface area contributed by atoms with E-state index in [9.17, 15) is 39.6 Å². The molecule has 4 aromatic rings. The summed E-state index contributed by atoms with van der Waals surface area (Å²) in [6.45, 7) is -0.230. The van der Waals surface area contributed by atoms with Crippen LogP contribution in [0.5, 0.6) is 5.75 Å². The molecule has 0 aliphatic heterocycles. The molecule has 2 aromatic heterocycles. The van der Waals surface area contributed by atoms with Crippen LogP contribution in [0.3, 0.4) is 0 Å². The molecule has 2 heterocycles. The maximum Gasteiger partial charge on any atom is 0.433 e. The monoisotopic (exact) mass is 600 g/mol. The first-order valence-corrected chi connectivity index (χ1v) is 12.8. The third-order valence-electron chi connectivity index (χ3n) is 5.39. The lowest BCUT2D eigenvalue weighted by Gasteiger charge is -2.15. The van der Waals surface area contributed by atoms with Gasteiger partial charge in [-0.15, -0.1) is 0 Å². The van der Waals surface area contributed by atoms with Gasteiger partial charge >= 0.3 is 11.9 Å². The van der Waals surface area contributed by atoms with E-state index in [0.717, 1.165) is 30.5 Å². The second kappa shape index (κ2) is 11.4. The Kier molecular flexibility index (Phi) is 8.09. The molecule has 10 nitrogen and oxygen atoms in total. The van der Waals surface area contributed by atoms with Crippen LogP contribution in [0.25, 0.3) is 11.3 Å². The van der Waals surface area contributed by atoms with Gasteiger partial charge in [-0.1, -0.05) is 18.2 Å².